The fourth-order valence-electron chi connectivity index (χ4n) is 6.33. The first-order valence-corrected chi connectivity index (χ1v) is 16.0. The van der Waals surface area contributed by atoms with Gasteiger partial charge in [0.2, 0.25) is 0 Å². The summed E-state index contributed by atoms with van der Waals surface area (Å²) in [5.41, 5.74) is 12.4. The van der Waals surface area contributed by atoms with Crippen LogP contribution in [0.25, 0.3) is 66.8 Å². The molecule has 0 atom stereocenters. The average Bonchev–Trinajstić information content (AvgIpc) is 3.13. The van der Waals surface area contributed by atoms with Crippen LogP contribution in [0.5, 0.6) is 0 Å². The summed E-state index contributed by atoms with van der Waals surface area (Å²) in [5, 5.41) is 2.12. The highest BCUT2D eigenvalue weighted by atomic mass is 14.9. The first-order valence-electron chi connectivity index (χ1n) is 16.0. The Morgan fingerprint density at radius 1 is 0.511 bits per heavy atom. The highest BCUT2D eigenvalue weighted by Crippen LogP contribution is 2.39. The lowest BCUT2D eigenvalue weighted by molar-refractivity contribution is 0.995. The van der Waals surface area contributed by atoms with Gasteiger partial charge < -0.3 is 0 Å². The van der Waals surface area contributed by atoms with E-state index < -0.39 is 0 Å². The number of aliphatic imine (C=N–C) groups is 1. The standard InChI is InChI=1S/C43H32N4/c1-29-14-5-2-3-8-21-37-41(45-38-22-11-10-20-36(38)42(37)44-29)34-18-13-17-33(28-34)30-24-26-31(27-25-30)40-35-19-9-12-23-39(35)46-43(47-40)32-15-6-4-7-16-32/h2-7,9-20,22-28H,8,21H2,1H3/b3-2-,14-5?,44-29?. The number of aromatic nitrogens is 3. The summed E-state index contributed by atoms with van der Waals surface area (Å²) in [6.07, 6.45) is 10.2. The molecule has 0 bridgehead atoms. The normalized spacial score (nSPS) is 13.7. The van der Waals surface area contributed by atoms with Crippen LogP contribution in [-0.2, 0) is 6.42 Å². The summed E-state index contributed by atoms with van der Waals surface area (Å²) in [4.78, 5) is 20.3. The van der Waals surface area contributed by atoms with Crippen molar-refractivity contribution in [3.63, 3.8) is 0 Å². The number of fused-ring (bicyclic) bond motifs is 4. The van der Waals surface area contributed by atoms with Gasteiger partial charge in [0, 0.05) is 38.7 Å². The molecule has 4 heteroatoms. The van der Waals surface area contributed by atoms with Gasteiger partial charge in [-0.15, -0.1) is 0 Å². The van der Waals surface area contributed by atoms with Crippen LogP contribution in [0.1, 0.15) is 18.9 Å². The van der Waals surface area contributed by atoms with Crippen molar-refractivity contribution >= 4 is 33.2 Å². The van der Waals surface area contributed by atoms with E-state index in [1.54, 1.807) is 0 Å². The molecule has 0 aliphatic carbocycles. The summed E-state index contributed by atoms with van der Waals surface area (Å²) < 4.78 is 0. The monoisotopic (exact) mass is 604 g/mol. The summed E-state index contributed by atoms with van der Waals surface area (Å²) in [5.74, 6) is 0.728. The molecule has 224 valence electrons. The third-order valence-corrected chi connectivity index (χ3v) is 8.66. The molecule has 0 spiro atoms. The molecule has 0 N–H and O–H groups in total. The lowest BCUT2D eigenvalue weighted by atomic mass is 9.94. The lowest BCUT2D eigenvalue weighted by Crippen LogP contribution is -1.98. The lowest BCUT2D eigenvalue weighted by Gasteiger charge is -2.16. The molecule has 0 radical (unpaired) electrons. The molecular formula is C43H32N4. The van der Waals surface area contributed by atoms with Crippen molar-refractivity contribution in [1.29, 1.82) is 0 Å². The number of allylic oxidation sites excluding steroid dienone is 4. The fraction of sp³-hybridized carbons (Fsp3) is 0.0698. The number of nitrogens with zero attached hydrogens (tertiary/aromatic N) is 4. The maximum atomic E-state index is 5.24. The summed E-state index contributed by atoms with van der Waals surface area (Å²) >= 11 is 0. The molecule has 1 aliphatic heterocycles. The van der Waals surface area contributed by atoms with Gasteiger partial charge in [-0.25, -0.2) is 15.0 Å². The number of hydrogen-bond donors (Lipinski definition) is 0. The highest BCUT2D eigenvalue weighted by molar-refractivity contribution is 6.02. The molecule has 7 aromatic rings. The Labute approximate surface area is 274 Å². The van der Waals surface area contributed by atoms with E-state index in [0.29, 0.717) is 0 Å². The van der Waals surface area contributed by atoms with Crippen LogP contribution < -0.4 is 0 Å². The van der Waals surface area contributed by atoms with Gasteiger partial charge in [-0.05, 0) is 55.2 Å². The number of benzene rings is 5. The van der Waals surface area contributed by atoms with Gasteiger partial charge in [-0.1, -0.05) is 127 Å². The Hall–Kier alpha value is -6.00. The first-order chi connectivity index (χ1) is 23.2. The van der Waals surface area contributed by atoms with E-state index >= 15 is 0 Å². The molecule has 1 aliphatic rings. The molecule has 0 unspecified atom stereocenters. The third kappa shape index (κ3) is 5.66. The zero-order chi connectivity index (χ0) is 31.6. The van der Waals surface area contributed by atoms with E-state index in [4.69, 9.17) is 19.9 Å². The summed E-state index contributed by atoms with van der Waals surface area (Å²) in [7, 11) is 0. The van der Waals surface area contributed by atoms with E-state index in [2.05, 4.69) is 122 Å². The number of rotatable bonds is 4. The molecule has 0 amide bonds. The molecular weight excluding hydrogens is 573 g/mol. The minimum absolute atomic E-state index is 0.728. The Kier molecular flexibility index (Phi) is 7.52. The van der Waals surface area contributed by atoms with Crippen LogP contribution in [0.15, 0.2) is 157 Å². The van der Waals surface area contributed by atoms with Crippen LogP contribution in [0, 0.1) is 0 Å². The van der Waals surface area contributed by atoms with Gasteiger partial charge in [0.15, 0.2) is 5.82 Å². The van der Waals surface area contributed by atoms with Crippen LogP contribution in [0.2, 0.25) is 0 Å². The molecule has 0 saturated heterocycles. The van der Waals surface area contributed by atoms with Crippen molar-refractivity contribution in [2.24, 2.45) is 4.99 Å². The minimum atomic E-state index is 0.728. The highest BCUT2D eigenvalue weighted by Gasteiger charge is 2.17. The maximum absolute atomic E-state index is 5.24. The van der Waals surface area contributed by atoms with Crippen LogP contribution in [-0.4, -0.2) is 20.7 Å². The Bertz CT molecular complexity index is 2350. The van der Waals surface area contributed by atoms with Gasteiger partial charge in [0.05, 0.1) is 28.1 Å². The molecule has 0 saturated carbocycles. The Balaban J connectivity index is 1.21. The van der Waals surface area contributed by atoms with Gasteiger partial charge in [0.25, 0.3) is 0 Å². The summed E-state index contributed by atoms with van der Waals surface area (Å²) in [6, 6.07) is 44.1. The topological polar surface area (TPSA) is 51.0 Å². The maximum Gasteiger partial charge on any atom is 0.160 e. The molecule has 0 fully saturated rings. The predicted molar refractivity (Wildman–Crippen MR) is 196 cm³/mol. The van der Waals surface area contributed by atoms with E-state index in [1.165, 1.54) is 5.56 Å². The number of pyridine rings is 1. The van der Waals surface area contributed by atoms with Gasteiger partial charge >= 0.3 is 0 Å². The second kappa shape index (κ2) is 12.4. The van der Waals surface area contributed by atoms with Gasteiger partial charge in [-0.3, -0.25) is 4.99 Å². The van der Waals surface area contributed by atoms with Crippen LogP contribution in [0.3, 0.4) is 0 Å². The SMILES string of the molecule is CC1=Nc2c(c(-c3cccc(-c4ccc(-c5nc(-c6ccccc6)nc6ccccc56)cc4)c3)nc3ccccc23)CC/C=C\C=C1. The first kappa shape index (κ1) is 28.5. The largest absolute Gasteiger partial charge is 0.253 e. The fourth-order valence-corrected chi connectivity index (χ4v) is 6.33. The molecule has 8 rings (SSSR count). The molecule has 5 aromatic carbocycles. The van der Waals surface area contributed by atoms with Crippen molar-refractivity contribution in [1.82, 2.24) is 15.0 Å². The second-order valence-electron chi connectivity index (χ2n) is 11.8. The van der Waals surface area contributed by atoms with E-state index in [1.807, 2.05) is 36.4 Å². The van der Waals surface area contributed by atoms with E-state index in [9.17, 15) is 0 Å². The van der Waals surface area contributed by atoms with Crippen molar-refractivity contribution in [2.75, 3.05) is 0 Å². The molecule has 2 aromatic heterocycles. The van der Waals surface area contributed by atoms with Crippen molar-refractivity contribution in [2.45, 2.75) is 19.8 Å². The molecule has 47 heavy (non-hydrogen) atoms. The zero-order valence-electron chi connectivity index (χ0n) is 26.1. The van der Waals surface area contributed by atoms with Gasteiger partial charge in [-0.2, -0.15) is 0 Å². The summed E-state index contributed by atoms with van der Waals surface area (Å²) in [6.45, 7) is 2.06. The quantitative estimate of drug-likeness (QED) is 0.201. The smallest absolute Gasteiger partial charge is 0.160 e. The van der Waals surface area contributed by atoms with Crippen molar-refractivity contribution in [3.8, 4) is 45.0 Å². The van der Waals surface area contributed by atoms with Gasteiger partial charge in [0.1, 0.15) is 0 Å². The third-order valence-electron chi connectivity index (χ3n) is 8.66. The van der Waals surface area contributed by atoms with Crippen molar-refractivity contribution < 1.29 is 0 Å². The molecule has 3 heterocycles. The molecule has 4 nitrogen and oxygen atoms in total. The Morgan fingerprint density at radius 3 is 2.02 bits per heavy atom. The number of hydrogen-bond acceptors (Lipinski definition) is 4. The van der Waals surface area contributed by atoms with E-state index in [0.717, 1.165) is 91.1 Å². The van der Waals surface area contributed by atoms with E-state index in [-0.39, 0.29) is 0 Å². The minimum Gasteiger partial charge on any atom is -0.253 e. The zero-order valence-corrected chi connectivity index (χ0v) is 26.1. The second-order valence-corrected chi connectivity index (χ2v) is 11.8. The predicted octanol–water partition coefficient (Wildman–Crippen LogP) is 11.0. The van der Waals surface area contributed by atoms with Crippen LogP contribution >= 0.6 is 0 Å². The van der Waals surface area contributed by atoms with Crippen LogP contribution in [0.4, 0.5) is 5.69 Å². The average molecular weight is 605 g/mol. The van der Waals surface area contributed by atoms with Crippen molar-refractivity contribution in [3.05, 3.63) is 157 Å². The Morgan fingerprint density at radius 2 is 1.19 bits per heavy atom. The number of para-hydroxylation sites is 2.